The van der Waals surface area contributed by atoms with Crippen molar-refractivity contribution in [2.24, 2.45) is 5.92 Å². The topological polar surface area (TPSA) is 70.2 Å². The Labute approximate surface area is 220 Å². The van der Waals surface area contributed by atoms with Crippen molar-refractivity contribution in [3.05, 3.63) is 95.2 Å². The molecule has 6 nitrogen and oxygen atoms in total. The van der Waals surface area contributed by atoms with E-state index < -0.39 is 11.6 Å². The average molecular weight is 517 g/mol. The zero-order valence-corrected chi connectivity index (χ0v) is 21.0. The van der Waals surface area contributed by atoms with E-state index in [-0.39, 0.29) is 23.9 Å². The minimum absolute atomic E-state index is 0.106. The maximum Gasteiger partial charge on any atom is 0.227 e. The summed E-state index contributed by atoms with van der Waals surface area (Å²) in [5, 5.41) is 11.0. The summed E-state index contributed by atoms with van der Waals surface area (Å²) in [6, 6.07) is 20.0. The highest BCUT2D eigenvalue weighted by Gasteiger charge is 2.29. The van der Waals surface area contributed by atoms with Crippen LogP contribution in [-0.4, -0.2) is 47.3 Å². The van der Waals surface area contributed by atoms with Gasteiger partial charge in [-0.1, -0.05) is 42.5 Å². The quantitative estimate of drug-likeness (QED) is 0.336. The molecule has 0 unspecified atom stereocenters. The summed E-state index contributed by atoms with van der Waals surface area (Å²) in [5.41, 5.74) is 3.13. The summed E-state index contributed by atoms with van der Waals surface area (Å²) in [7, 11) is 0. The molecule has 1 saturated heterocycles. The van der Waals surface area contributed by atoms with Gasteiger partial charge in [0.1, 0.15) is 11.6 Å². The fourth-order valence-corrected chi connectivity index (χ4v) is 4.25. The lowest BCUT2D eigenvalue weighted by atomic mass is 10.1. The number of hydrogen-bond donors (Lipinski definition) is 2. The number of aromatic amines is 1. The van der Waals surface area contributed by atoms with Crippen molar-refractivity contribution in [3.8, 4) is 0 Å². The Hall–Kier alpha value is -3.88. The number of aromatic nitrogens is 2. The zero-order valence-electron chi connectivity index (χ0n) is 21.0. The zero-order chi connectivity index (χ0) is 26.3. The number of fused-ring (bicyclic) bond motifs is 1. The van der Waals surface area contributed by atoms with Gasteiger partial charge in [-0.15, -0.1) is 0 Å². The Morgan fingerprint density at radius 1 is 1.00 bits per heavy atom. The Morgan fingerprint density at radius 2 is 1.68 bits per heavy atom. The van der Waals surface area contributed by atoms with E-state index in [4.69, 9.17) is 4.74 Å². The molecule has 2 N–H and O–H groups in total. The maximum absolute atomic E-state index is 14.4. The smallest absolute Gasteiger partial charge is 0.227 e. The number of halogens is 2. The fourth-order valence-electron chi connectivity index (χ4n) is 4.25. The van der Waals surface area contributed by atoms with E-state index in [1.54, 1.807) is 12.2 Å². The molecular formula is C30H30F2N4O2. The van der Waals surface area contributed by atoms with Crippen molar-refractivity contribution >= 4 is 34.6 Å². The van der Waals surface area contributed by atoms with Gasteiger partial charge in [0.25, 0.3) is 0 Å². The number of para-hydroxylation sites is 2. The Balaban J connectivity index is 0.000000204. The molecule has 196 valence electrons. The molecule has 4 aromatic rings. The number of hydrogen-bond acceptors (Lipinski definition) is 4. The van der Waals surface area contributed by atoms with Gasteiger partial charge in [0, 0.05) is 42.2 Å². The predicted octanol–water partition coefficient (Wildman–Crippen LogP) is 5.88. The van der Waals surface area contributed by atoms with E-state index in [0.29, 0.717) is 31.9 Å². The third-order valence-corrected chi connectivity index (χ3v) is 6.57. The highest BCUT2D eigenvalue weighted by molar-refractivity contribution is 5.94. The molecule has 6 rings (SSSR count). The van der Waals surface area contributed by atoms with E-state index in [1.165, 1.54) is 12.1 Å². The minimum atomic E-state index is -0.525. The van der Waals surface area contributed by atoms with Gasteiger partial charge in [-0.3, -0.25) is 14.8 Å². The summed E-state index contributed by atoms with van der Waals surface area (Å²) >= 11 is 0. The lowest BCUT2D eigenvalue weighted by Crippen LogP contribution is -2.36. The first-order valence-corrected chi connectivity index (χ1v) is 12.8. The summed E-state index contributed by atoms with van der Waals surface area (Å²) < 4.78 is 34.1. The van der Waals surface area contributed by atoms with Crippen molar-refractivity contribution in [1.29, 1.82) is 0 Å². The average Bonchev–Trinajstić information content (AvgIpc) is 3.72. The number of rotatable bonds is 6. The van der Waals surface area contributed by atoms with Crippen LogP contribution in [0.2, 0.25) is 0 Å². The van der Waals surface area contributed by atoms with Crippen LogP contribution in [0.1, 0.15) is 29.7 Å². The number of ether oxygens (including phenoxy) is 1. The molecule has 1 aliphatic carbocycles. The minimum Gasteiger partial charge on any atom is -0.379 e. The number of nitrogens with zero attached hydrogens (tertiary/aromatic N) is 2. The Bertz CT molecular complexity index is 1390. The fraction of sp³-hybridized carbons (Fsp3) is 0.267. The van der Waals surface area contributed by atoms with Crippen LogP contribution in [0.4, 0.5) is 14.5 Å². The molecule has 2 heterocycles. The number of benzene rings is 3. The van der Waals surface area contributed by atoms with Gasteiger partial charge in [0.2, 0.25) is 5.91 Å². The molecular weight excluding hydrogens is 486 g/mol. The third-order valence-electron chi connectivity index (χ3n) is 6.57. The Kier molecular flexibility index (Phi) is 8.21. The van der Waals surface area contributed by atoms with Crippen molar-refractivity contribution in [2.45, 2.75) is 19.4 Å². The summed E-state index contributed by atoms with van der Waals surface area (Å²) in [6.07, 6.45) is 5.54. The largest absolute Gasteiger partial charge is 0.379 e. The number of anilines is 1. The number of carbonyl (C=O) groups excluding carboxylic acids is 1. The standard InChI is InChI=1S/C20H19F2N3O.C10H11NO/c21-17-11-14(5-6-20-15-3-1-2-4-19(15)23-24-20)12-18(22)16(17)13-25-7-9-26-10-8-25;12-10(8-6-7-8)11-9-4-2-1-3-5-9/h1-6,11-12H,7-10,13H2,(H,23,24);1-5,8H,6-7H2,(H,11,12)/b6-5+;. The van der Waals surface area contributed by atoms with Gasteiger partial charge in [0.15, 0.2) is 0 Å². The first-order chi connectivity index (χ1) is 18.6. The SMILES string of the molecule is Fc1cc(/C=C/c2n[nH]c3ccccc23)cc(F)c1CN1CCOCC1.O=C(Nc1ccccc1)C1CC1. The highest BCUT2D eigenvalue weighted by atomic mass is 19.1. The van der Waals surface area contributed by atoms with Crippen molar-refractivity contribution < 1.29 is 18.3 Å². The van der Waals surface area contributed by atoms with Crippen LogP contribution >= 0.6 is 0 Å². The van der Waals surface area contributed by atoms with Gasteiger partial charge in [-0.25, -0.2) is 8.78 Å². The molecule has 3 aromatic carbocycles. The molecule has 2 aliphatic rings. The van der Waals surface area contributed by atoms with E-state index in [0.717, 1.165) is 35.1 Å². The molecule has 0 spiro atoms. The van der Waals surface area contributed by atoms with E-state index >= 15 is 0 Å². The van der Waals surface area contributed by atoms with Gasteiger partial charge < -0.3 is 10.1 Å². The second-order valence-corrected chi connectivity index (χ2v) is 9.47. The summed E-state index contributed by atoms with van der Waals surface area (Å²) in [5.74, 6) is -0.600. The second kappa shape index (κ2) is 12.1. The van der Waals surface area contributed by atoms with Crippen LogP contribution in [0.25, 0.3) is 23.1 Å². The molecule has 0 atom stereocenters. The molecule has 8 heteroatoms. The predicted molar refractivity (Wildman–Crippen MR) is 145 cm³/mol. The monoisotopic (exact) mass is 516 g/mol. The van der Waals surface area contributed by atoms with Crippen molar-refractivity contribution in [1.82, 2.24) is 15.1 Å². The molecule has 1 saturated carbocycles. The molecule has 38 heavy (non-hydrogen) atoms. The van der Waals surface area contributed by atoms with Crippen molar-refractivity contribution in [2.75, 3.05) is 31.6 Å². The summed E-state index contributed by atoms with van der Waals surface area (Å²) in [4.78, 5) is 13.3. The molecule has 0 bridgehead atoms. The van der Waals surface area contributed by atoms with Crippen LogP contribution in [0.5, 0.6) is 0 Å². The van der Waals surface area contributed by atoms with Crippen LogP contribution in [0.3, 0.4) is 0 Å². The summed E-state index contributed by atoms with van der Waals surface area (Å²) in [6.45, 7) is 2.83. The molecule has 0 radical (unpaired) electrons. The number of nitrogens with one attached hydrogen (secondary N) is 2. The number of amides is 1. The van der Waals surface area contributed by atoms with Crippen LogP contribution in [0, 0.1) is 17.6 Å². The first kappa shape index (κ1) is 25.8. The van der Waals surface area contributed by atoms with E-state index in [1.807, 2.05) is 59.5 Å². The first-order valence-electron chi connectivity index (χ1n) is 12.8. The van der Waals surface area contributed by atoms with E-state index in [9.17, 15) is 13.6 Å². The normalized spacial score (nSPS) is 15.8. The van der Waals surface area contributed by atoms with Gasteiger partial charge in [-0.05, 0) is 54.8 Å². The third kappa shape index (κ3) is 6.70. The molecule has 1 aliphatic heterocycles. The number of carbonyl (C=O) groups is 1. The van der Waals surface area contributed by atoms with Gasteiger partial charge in [-0.2, -0.15) is 5.10 Å². The number of morpholine rings is 1. The number of H-pyrrole nitrogens is 1. The van der Waals surface area contributed by atoms with E-state index in [2.05, 4.69) is 15.5 Å². The van der Waals surface area contributed by atoms with Gasteiger partial charge >= 0.3 is 0 Å². The Morgan fingerprint density at radius 3 is 2.39 bits per heavy atom. The molecule has 1 aromatic heterocycles. The second-order valence-electron chi connectivity index (χ2n) is 9.47. The lowest BCUT2D eigenvalue weighted by Gasteiger charge is -2.26. The molecule has 2 fully saturated rings. The van der Waals surface area contributed by atoms with Crippen molar-refractivity contribution in [3.63, 3.8) is 0 Å². The van der Waals surface area contributed by atoms with Gasteiger partial charge in [0.05, 0.1) is 24.4 Å². The van der Waals surface area contributed by atoms with Crippen LogP contribution in [0.15, 0.2) is 66.7 Å². The highest BCUT2D eigenvalue weighted by Crippen LogP contribution is 2.30. The van der Waals surface area contributed by atoms with Crippen LogP contribution in [-0.2, 0) is 16.1 Å². The van der Waals surface area contributed by atoms with Crippen LogP contribution < -0.4 is 5.32 Å². The maximum atomic E-state index is 14.4. The lowest BCUT2D eigenvalue weighted by molar-refractivity contribution is -0.117. The molecule has 1 amide bonds.